The smallest absolute Gasteiger partial charge is 0.230 e. The van der Waals surface area contributed by atoms with Gasteiger partial charge < -0.3 is 10.6 Å². The van der Waals surface area contributed by atoms with Crippen LogP contribution in [0.5, 0.6) is 0 Å². The molecule has 4 N–H and O–H groups in total. The van der Waals surface area contributed by atoms with Crippen molar-refractivity contribution in [2.75, 3.05) is 16.9 Å². The Kier molecular flexibility index (Phi) is 6.27. The van der Waals surface area contributed by atoms with Gasteiger partial charge in [0, 0.05) is 19.0 Å². The number of rotatable bonds is 6. The van der Waals surface area contributed by atoms with Crippen molar-refractivity contribution in [1.29, 1.82) is 0 Å². The second kappa shape index (κ2) is 9.52. The topological polar surface area (TPSA) is 103 Å². The van der Waals surface area contributed by atoms with Gasteiger partial charge in [0.05, 0.1) is 17.3 Å². The maximum Gasteiger partial charge on any atom is 0.230 e. The van der Waals surface area contributed by atoms with Gasteiger partial charge in [-0.1, -0.05) is 42.5 Å². The maximum atomic E-state index is 13.0. The Hall–Kier alpha value is -3.69. The van der Waals surface area contributed by atoms with Crippen LogP contribution in [0.3, 0.4) is 0 Å². The molecule has 0 spiro atoms. The van der Waals surface area contributed by atoms with Crippen molar-refractivity contribution in [2.24, 2.45) is 5.92 Å². The summed E-state index contributed by atoms with van der Waals surface area (Å²) in [5, 5.41) is 16.1. The van der Waals surface area contributed by atoms with Gasteiger partial charge in [-0.15, -0.1) is 0 Å². The second-order valence-electron chi connectivity index (χ2n) is 9.23. The van der Waals surface area contributed by atoms with E-state index >= 15 is 0 Å². The molecule has 9 nitrogen and oxygen atoms in total. The van der Waals surface area contributed by atoms with Gasteiger partial charge in [-0.2, -0.15) is 5.10 Å². The van der Waals surface area contributed by atoms with Crippen molar-refractivity contribution >= 4 is 23.3 Å². The maximum absolute atomic E-state index is 13.0. The molecule has 5 rings (SSSR count). The summed E-state index contributed by atoms with van der Waals surface area (Å²) in [4.78, 5) is 25.7. The number of amides is 2. The van der Waals surface area contributed by atoms with Gasteiger partial charge in [-0.25, -0.2) is 10.1 Å². The van der Waals surface area contributed by atoms with Gasteiger partial charge in [0.2, 0.25) is 11.8 Å². The molecule has 2 aliphatic rings. The van der Waals surface area contributed by atoms with Crippen LogP contribution in [0.2, 0.25) is 0 Å². The van der Waals surface area contributed by atoms with Crippen molar-refractivity contribution in [3.63, 3.8) is 0 Å². The average Bonchev–Trinajstić information content (AvgIpc) is 3.43. The van der Waals surface area contributed by atoms with Crippen molar-refractivity contribution in [1.82, 2.24) is 25.8 Å². The summed E-state index contributed by atoms with van der Waals surface area (Å²) >= 11 is 0. The van der Waals surface area contributed by atoms with Gasteiger partial charge >= 0.3 is 0 Å². The SMILES string of the molecule is Cc1cc(NC(=O)CCc2ccccc2)n(C2NC(=O)C3CNN(c4cccc(C)c4C)C3N2)n1. The average molecular weight is 474 g/mol. The van der Waals surface area contributed by atoms with E-state index in [2.05, 4.69) is 52.5 Å². The number of hydrazine groups is 1. The molecule has 0 aliphatic carbocycles. The third kappa shape index (κ3) is 4.65. The van der Waals surface area contributed by atoms with Crippen molar-refractivity contribution < 1.29 is 9.59 Å². The fraction of sp³-hybridized carbons (Fsp3) is 0.346. The monoisotopic (exact) mass is 473 g/mol. The quantitative estimate of drug-likeness (QED) is 0.439. The number of hydrogen-bond donors (Lipinski definition) is 4. The summed E-state index contributed by atoms with van der Waals surface area (Å²) in [6, 6.07) is 17.9. The first-order chi connectivity index (χ1) is 16.9. The van der Waals surface area contributed by atoms with Crippen LogP contribution in [0.25, 0.3) is 0 Å². The lowest BCUT2D eigenvalue weighted by Gasteiger charge is -2.38. The van der Waals surface area contributed by atoms with Crippen LogP contribution in [0, 0.1) is 26.7 Å². The molecule has 3 aromatic rings. The zero-order valence-electron chi connectivity index (χ0n) is 20.2. The molecule has 3 unspecified atom stereocenters. The van der Waals surface area contributed by atoms with E-state index in [0.29, 0.717) is 25.2 Å². The molecule has 9 heteroatoms. The van der Waals surface area contributed by atoms with Crippen LogP contribution < -0.4 is 26.4 Å². The molecule has 1 aromatic heterocycles. The lowest BCUT2D eigenvalue weighted by molar-refractivity contribution is -0.129. The largest absolute Gasteiger partial charge is 0.321 e. The molecule has 2 fully saturated rings. The molecular formula is C26H31N7O2. The first-order valence-electron chi connectivity index (χ1n) is 12.0. The van der Waals surface area contributed by atoms with E-state index in [0.717, 1.165) is 22.5 Å². The summed E-state index contributed by atoms with van der Waals surface area (Å²) in [5.74, 6) is 0.121. The van der Waals surface area contributed by atoms with E-state index in [4.69, 9.17) is 0 Å². The summed E-state index contributed by atoms with van der Waals surface area (Å²) in [5.41, 5.74) is 8.62. The molecule has 2 aromatic carbocycles. The Morgan fingerprint density at radius 3 is 2.71 bits per heavy atom. The molecule has 2 amide bonds. The number of aromatic nitrogens is 2. The third-order valence-electron chi connectivity index (χ3n) is 6.77. The Labute approximate surface area is 204 Å². The van der Waals surface area contributed by atoms with E-state index < -0.39 is 6.29 Å². The predicted molar refractivity (Wildman–Crippen MR) is 134 cm³/mol. The number of carbonyl (C=O) groups excluding carboxylic acids is 2. The van der Waals surface area contributed by atoms with Gasteiger partial charge in [0.25, 0.3) is 0 Å². The van der Waals surface area contributed by atoms with Gasteiger partial charge in [-0.3, -0.25) is 19.9 Å². The normalized spacial score (nSPS) is 21.5. The predicted octanol–water partition coefficient (Wildman–Crippen LogP) is 2.52. The lowest BCUT2D eigenvalue weighted by Crippen LogP contribution is -2.62. The summed E-state index contributed by atoms with van der Waals surface area (Å²) < 4.78 is 1.64. The Balaban J connectivity index is 1.33. The van der Waals surface area contributed by atoms with Crippen LogP contribution in [0.1, 0.15) is 35.1 Å². The molecule has 3 atom stereocenters. The van der Waals surface area contributed by atoms with Crippen LogP contribution in [0.15, 0.2) is 54.6 Å². The molecule has 182 valence electrons. The zero-order chi connectivity index (χ0) is 24.5. The van der Waals surface area contributed by atoms with Crippen molar-refractivity contribution in [3.05, 3.63) is 77.0 Å². The first-order valence-corrected chi connectivity index (χ1v) is 12.0. The number of aryl methyl sites for hydroxylation is 3. The standard InChI is InChI=1S/C26H31N7O2/c1-16-8-7-11-21(18(16)3)32-24-20(15-27-32)25(35)30-26(29-24)33-22(14-17(2)31-33)28-23(34)13-12-19-9-5-4-6-10-19/h4-11,14,20,24,26-27,29H,12-13,15H2,1-3H3,(H,28,34)(H,30,35). The highest BCUT2D eigenvalue weighted by Gasteiger charge is 2.45. The van der Waals surface area contributed by atoms with Crippen molar-refractivity contribution in [2.45, 2.75) is 46.1 Å². The minimum absolute atomic E-state index is 0.0615. The molecule has 3 heterocycles. The van der Waals surface area contributed by atoms with E-state index in [-0.39, 0.29) is 23.9 Å². The highest BCUT2D eigenvalue weighted by atomic mass is 16.2. The minimum atomic E-state index is -0.602. The number of fused-ring (bicyclic) bond motifs is 1. The third-order valence-corrected chi connectivity index (χ3v) is 6.77. The first kappa shape index (κ1) is 23.1. The molecule has 0 radical (unpaired) electrons. The minimum Gasteiger partial charge on any atom is -0.321 e. The van der Waals surface area contributed by atoms with Gasteiger partial charge in [0.15, 0.2) is 6.29 Å². The number of nitrogens with zero attached hydrogens (tertiary/aromatic N) is 3. The summed E-state index contributed by atoms with van der Waals surface area (Å²) in [6.07, 6.45) is 0.140. The molecule has 0 saturated carbocycles. The number of anilines is 2. The Bertz CT molecular complexity index is 1240. The fourth-order valence-corrected chi connectivity index (χ4v) is 4.74. The molecule has 0 bridgehead atoms. The number of nitrogens with one attached hydrogen (secondary N) is 4. The fourth-order valence-electron chi connectivity index (χ4n) is 4.74. The summed E-state index contributed by atoms with van der Waals surface area (Å²) in [7, 11) is 0. The number of benzene rings is 2. The lowest BCUT2D eigenvalue weighted by atomic mass is 10.0. The number of hydrogen-bond acceptors (Lipinski definition) is 6. The van der Waals surface area contributed by atoms with Gasteiger partial charge in [-0.05, 0) is 49.9 Å². The highest BCUT2D eigenvalue weighted by Crippen LogP contribution is 2.31. The van der Waals surface area contributed by atoms with Crippen LogP contribution in [0.4, 0.5) is 11.5 Å². The van der Waals surface area contributed by atoms with E-state index in [9.17, 15) is 9.59 Å². The van der Waals surface area contributed by atoms with E-state index in [1.807, 2.05) is 54.4 Å². The number of carbonyl (C=O) groups is 2. The zero-order valence-corrected chi connectivity index (χ0v) is 20.2. The highest BCUT2D eigenvalue weighted by molar-refractivity contribution is 5.90. The molecule has 35 heavy (non-hydrogen) atoms. The van der Waals surface area contributed by atoms with E-state index in [1.165, 1.54) is 5.56 Å². The van der Waals surface area contributed by atoms with Crippen LogP contribution in [-0.4, -0.2) is 34.3 Å². The molecule has 2 aliphatic heterocycles. The molecule has 2 saturated heterocycles. The Morgan fingerprint density at radius 1 is 1.11 bits per heavy atom. The van der Waals surface area contributed by atoms with Crippen LogP contribution in [-0.2, 0) is 16.0 Å². The van der Waals surface area contributed by atoms with Crippen LogP contribution >= 0.6 is 0 Å². The molecular weight excluding hydrogens is 442 g/mol. The van der Waals surface area contributed by atoms with Gasteiger partial charge in [0.1, 0.15) is 12.0 Å². The van der Waals surface area contributed by atoms with E-state index in [1.54, 1.807) is 4.68 Å². The Morgan fingerprint density at radius 2 is 1.91 bits per heavy atom. The second-order valence-corrected chi connectivity index (χ2v) is 9.23. The summed E-state index contributed by atoms with van der Waals surface area (Å²) in [6.45, 7) is 6.56. The van der Waals surface area contributed by atoms with Crippen molar-refractivity contribution in [3.8, 4) is 0 Å².